The number of hydrogen-bond donors (Lipinski definition) is 2. The largest absolute Gasteiger partial charge is 0.496 e. The van der Waals surface area contributed by atoms with Crippen LogP contribution in [0.3, 0.4) is 0 Å². The topological polar surface area (TPSA) is 137 Å². The number of hydrogen-bond acceptors (Lipinski definition) is 8. The Morgan fingerprint density at radius 1 is 1.17 bits per heavy atom. The number of piperidine rings is 1. The second kappa shape index (κ2) is 11.6. The highest BCUT2D eigenvalue weighted by atomic mass is 19.1. The molecule has 2 amide bonds. The lowest BCUT2D eigenvalue weighted by atomic mass is 10.1. The van der Waals surface area contributed by atoms with Crippen LogP contribution in [0, 0.1) is 5.82 Å². The number of rotatable bonds is 6. The molecule has 0 unspecified atom stereocenters. The molecule has 0 bridgehead atoms. The minimum absolute atomic E-state index is 0.0218. The summed E-state index contributed by atoms with van der Waals surface area (Å²) in [6, 6.07) is 11.3. The molecule has 1 fully saturated rings. The van der Waals surface area contributed by atoms with Crippen LogP contribution in [-0.2, 0) is 11.3 Å². The molecule has 220 valence electrons. The number of benzene rings is 2. The summed E-state index contributed by atoms with van der Waals surface area (Å²) in [5.41, 5.74) is 7.74. The number of methoxy groups -OCH3 is 1. The molecule has 5 rings (SSSR count). The first-order valence-corrected chi connectivity index (χ1v) is 13.7. The number of nitrogen functional groups attached to an aromatic ring is 1. The Balaban J connectivity index is 1.40. The number of nitrogens with zero attached hydrogens (tertiary/aromatic N) is 5. The molecule has 0 spiro atoms. The van der Waals surface area contributed by atoms with Crippen LogP contribution in [0.1, 0.15) is 55.6 Å². The first-order valence-electron chi connectivity index (χ1n) is 13.7. The molecule has 0 saturated carbocycles. The van der Waals surface area contributed by atoms with Crippen LogP contribution in [0.4, 0.5) is 15.0 Å². The van der Waals surface area contributed by atoms with Gasteiger partial charge in [0.15, 0.2) is 5.65 Å². The average Bonchev–Trinajstić information content (AvgIpc) is 3.36. The Labute approximate surface area is 242 Å². The first kappa shape index (κ1) is 28.8. The Hall–Kier alpha value is -4.74. The van der Waals surface area contributed by atoms with E-state index in [-0.39, 0.29) is 30.4 Å². The number of nitrogens with two attached hydrogens (primary N) is 1. The Morgan fingerprint density at radius 3 is 2.69 bits per heavy atom. The van der Waals surface area contributed by atoms with Gasteiger partial charge in [-0.3, -0.25) is 4.79 Å². The van der Waals surface area contributed by atoms with Crippen LogP contribution in [0.25, 0.3) is 22.3 Å². The van der Waals surface area contributed by atoms with Gasteiger partial charge in [-0.15, -0.1) is 0 Å². The molecule has 1 aliphatic heterocycles. The van der Waals surface area contributed by atoms with E-state index in [9.17, 15) is 9.59 Å². The number of carbonyl (C=O) groups is 2. The summed E-state index contributed by atoms with van der Waals surface area (Å²) in [6.45, 7) is 6.43. The molecule has 0 aliphatic carbocycles. The van der Waals surface area contributed by atoms with E-state index in [0.29, 0.717) is 52.3 Å². The summed E-state index contributed by atoms with van der Waals surface area (Å²) < 4.78 is 27.9. The van der Waals surface area contributed by atoms with Crippen LogP contribution < -0.4 is 15.8 Å². The maximum atomic E-state index is 15.3. The van der Waals surface area contributed by atoms with Crippen molar-refractivity contribution in [2.75, 3.05) is 25.9 Å². The van der Waals surface area contributed by atoms with E-state index in [1.54, 1.807) is 46.0 Å². The fraction of sp³-hybridized carbons (Fsp3) is 0.367. The van der Waals surface area contributed by atoms with Gasteiger partial charge in [-0.1, -0.05) is 24.3 Å². The quantitative estimate of drug-likeness (QED) is 0.337. The fourth-order valence-corrected chi connectivity index (χ4v) is 5.04. The third-order valence-corrected chi connectivity index (χ3v) is 7.03. The van der Waals surface area contributed by atoms with Crippen molar-refractivity contribution in [3.05, 3.63) is 65.7 Å². The lowest BCUT2D eigenvalue weighted by Gasteiger charge is -2.34. The molecule has 1 aliphatic rings. The minimum Gasteiger partial charge on any atom is -0.496 e. The smallest absolute Gasteiger partial charge is 0.410 e. The molecule has 2 aromatic heterocycles. The maximum Gasteiger partial charge on any atom is 0.410 e. The monoisotopic (exact) mass is 575 g/mol. The molecule has 11 nitrogen and oxygen atoms in total. The molecule has 1 saturated heterocycles. The van der Waals surface area contributed by atoms with Crippen LogP contribution in [0.2, 0.25) is 0 Å². The molecule has 0 radical (unpaired) electrons. The third kappa shape index (κ3) is 5.97. The number of nitrogens with one attached hydrogen (secondary N) is 1. The van der Waals surface area contributed by atoms with E-state index >= 15 is 4.39 Å². The number of anilines is 1. The number of halogens is 1. The molecular weight excluding hydrogens is 541 g/mol. The summed E-state index contributed by atoms with van der Waals surface area (Å²) in [7, 11) is 1.48. The van der Waals surface area contributed by atoms with Gasteiger partial charge in [-0.25, -0.2) is 23.8 Å². The summed E-state index contributed by atoms with van der Waals surface area (Å²) in [6.07, 6.45) is 2.50. The number of amides is 2. The summed E-state index contributed by atoms with van der Waals surface area (Å²) >= 11 is 0. The van der Waals surface area contributed by atoms with Gasteiger partial charge in [-0.05, 0) is 51.8 Å². The first-order chi connectivity index (χ1) is 20.1. The van der Waals surface area contributed by atoms with Crippen LogP contribution in [0.5, 0.6) is 5.75 Å². The number of ether oxygens (including phenoxy) is 2. The van der Waals surface area contributed by atoms with Crippen molar-refractivity contribution in [2.24, 2.45) is 0 Å². The van der Waals surface area contributed by atoms with Crippen molar-refractivity contribution in [1.82, 2.24) is 30.0 Å². The summed E-state index contributed by atoms with van der Waals surface area (Å²) in [5, 5.41) is 8.07. The summed E-state index contributed by atoms with van der Waals surface area (Å²) in [5.74, 6) is -0.243. The van der Waals surface area contributed by atoms with E-state index in [1.807, 2.05) is 20.8 Å². The van der Waals surface area contributed by atoms with Crippen LogP contribution >= 0.6 is 0 Å². The molecular formula is C30H34FN7O4. The normalized spacial score (nSPS) is 15.5. The van der Waals surface area contributed by atoms with Crippen molar-refractivity contribution in [2.45, 2.75) is 51.8 Å². The van der Waals surface area contributed by atoms with Gasteiger partial charge in [0, 0.05) is 30.8 Å². The van der Waals surface area contributed by atoms with E-state index in [0.717, 1.165) is 12.8 Å². The van der Waals surface area contributed by atoms with Gasteiger partial charge < -0.3 is 25.4 Å². The number of carbonyl (C=O) groups excluding carboxylic acids is 2. The van der Waals surface area contributed by atoms with Crippen molar-refractivity contribution in [1.29, 1.82) is 0 Å². The zero-order valence-electron chi connectivity index (χ0n) is 24.1. The van der Waals surface area contributed by atoms with Crippen molar-refractivity contribution >= 4 is 28.9 Å². The zero-order chi connectivity index (χ0) is 30.0. The van der Waals surface area contributed by atoms with E-state index in [4.69, 9.17) is 20.3 Å². The average molecular weight is 576 g/mol. The highest BCUT2D eigenvalue weighted by Gasteiger charge is 2.31. The standard InChI is InChI=1S/C30H34FN7O4/c1-30(2,3)42-29(40)37-13-7-8-20(16-37)38-27-24(26(32)34-17-35-27)25(36-38)18-11-12-19(22(31)14-18)15-33-28(39)21-9-5-6-10-23(21)41-4/h5-6,9-12,14,17,20H,7-8,13,15-16H2,1-4H3,(H,33,39)(H2,32,34,35)/t20-/m1/s1. The van der Waals surface area contributed by atoms with E-state index in [1.165, 1.54) is 19.5 Å². The zero-order valence-corrected chi connectivity index (χ0v) is 24.1. The van der Waals surface area contributed by atoms with Gasteiger partial charge >= 0.3 is 6.09 Å². The minimum atomic E-state index is -0.606. The molecule has 42 heavy (non-hydrogen) atoms. The number of fused-ring (bicyclic) bond motifs is 1. The lowest BCUT2D eigenvalue weighted by Crippen LogP contribution is -2.43. The van der Waals surface area contributed by atoms with Crippen molar-refractivity contribution in [3.63, 3.8) is 0 Å². The molecule has 12 heteroatoms. The lowest BCUT2D eigenvalue weighted by molar-refractivity contribution is 0.0169. The molecule has 3 heterocycles. The Morgan fingerprint density at radius 2 is 1.95 bits per heavy atom. The van der Waals surface area contributed by atoms with Crippen molar-refractivity contribution < 1.29 is 23.5 Å². The van der Waals surface area contributed by atoms with Gasteiger partial charge in [-0.2, -0.15) is 5.10 Å². The number of aromatic nitrogens is 4. The maximum absolute atomic E-state index is 15.3. The second-order valence-corrected chi connectivity index (χ2v) is 11.2. The predicted molar refractivity (Wildman–Crippen MR) is 155 cm³/mol. The van der Waals surface area contributed by atoms with Crippen LogP contribution in [0.15, 0.2) is 48.8 Å². The summed E-state index contributed by atoms with van der Waals surface area (Å²) in [4.78, 5) is 35.7. The van der Waals surface area contributed by atoms with Gasteiger partial charge in [0.2, 0.25) is 0 Å². The van der Waals surface area contributed by atoms with Crippen molar-refractivity contribution in [3.8, 4) is 17.0 Å². The molecule has 4 aromatic rings. The highest BCUT2D eigenvalue weighted by molar-refractivity contribution is 5.98. The Kier molecular flexibility index (Phi) is 7.97. The Bertz CT molecular complexity index is 1630. The number of para-hydroxylation sites is 1. The van der Waals surface area contributed by atoms with Gasteiger partial charge in [0.25, 0.3) is 5.91 Å². The van der Waals surface area contributed by atoms with Crippen LogP contribution in [-0.4, -0.2) is 62.4 Å². The number of likely N-dealkylation sites (tertiary alicyclic amines) is 1. The van der Waals surface area contributed by atoms with Gasteiger partial charge in [0.05, 0.1) is 24.1 Å². The molecule has 3 N–H and O–H groups in total. The predicted octanol–water partition coefficient (Wildman–Crippen LogP) is 4.73. The molecule has 1 atom stereocenters. The third-order valence-electron chi connectivity index (χ3n) is 7.03. The fourth-order valence-electron chi connectivity index (χ4n) is 5.04. The molecule has 2 aromatic carbocycles. The van der Waals surface area contributed by atoms with E-state index < -0.39 is 11.4 Å². The SMILES string of the molecule is COc1ccccc1C(=O)NCc1ccc(-c2nn([C@@H]3CCCN(C(=O)OC(C)(C)C)C3)c3ncnc(N)c23)cc1F. The van der Waals surface area contributed by atoms with Gasteiger partial charge in [0.1, 0.15) is 35.0 Å². The van der Waals surface area contributed by atoms with E-state index in [2.05, 4.69) is 15.3 Å². The second-order valence-electron chi connectivity index (χ2n) is 11.2. The highest BCUT2D eigenvalue weighted by Crippen LogP contribution is 2.34.